The fourth-order valence-electron chi connectivity index (χ4n) is 5.99. The number of sulfone groups is 1. The van der Waals surface area contributed by atoms with E-state index in [1.807, 2.05) is 0 Å². The Morgan fingerprint density at radius 1 is 1.12 bits per heavy atom. The van der Waals surface area contributed by atoms with Crippen LogP contribution in [0.25, 0.3) is 0 Å². The van der Waals surface area contributed by atoms with E-state index in [0.29, 0.717) is 29.6 Å². The van der Waals surface area contributed by atoms with Crippen molar-refractivity contribution in [2.75, 3.05) is 29.6 Å². The van der Waals surface area contributed by atoms with Crippen molar-refractivity contribution in [3.63, 3.8) is 0 Å². The Morgan fingerprint density at radius 2 is 1.85 bits per heavy atom. The molecule has 4 rings (SSSR count). The Bertz CT molecular complexity index is 663. The summed E-state index contributed by atoms with van der Waals surface area (Å²) in [6.07, 6.45) is 0.801. The highest BCUT2D eigenvalue weighted by Crippen LogP contribution is 2.58. The molecule has 0 aromatic heterocycles. The third-order valence-electron chi connectivity index (χ3n) is 8.54. The molecule has 0 aliphatic carbocycles. The summed E-state index contributed by atoms with van der Waals surface area (Å²) in [7, 11) is -3.07. The molecule has 8 atom stereocenters. The predicted octanol–water partition coefficient (Wildman–Crippen LogP) is 3.97. The van der Waals surface area contributed by atoms with E-state index in [-0.39, 0.29) is 22.7 Å². The van der Waals surface area contributed by atoms with Crippen molar-refractivity contribution in [3.05, 3.63) is 0 Å². The van der Waals surface area contributed by atoms with Gasteiger partial charge in [-0.15, -0.1) is 0 Å². The lowest BCUT2D eigenvalue weighted by Gasteiger charge is -2.38. The van der Waals surface area contributed by atoms with E-state index >= 15 is 0 Å². The molecule has 4 fully saturated rings. The summed E-state index contributed by atoms with van der Waals surface area (Å²) >= 11 is 4.25. The van der Waals surface area contributed by atoms with Crippen LogP contribution in [0.4, 0.5) is 0 Å². The third kappa shape index (κ3) is 2.83. The van der Waals surface area contributed by atoms with Crippen molar-refractivity contribution < 1.29 is 13.2 Å². The van der Waals surface area contributed by atoms with E-state index in [4.69, 9.17) is 4.74 Å². The summed E-state index contributed by atoms with van der Waals surface area (Å²) in [5.41, 5.74) is 0.186. The lowest BCUT2D eigenvalue weighted by atomic mass is 9.66. The molecule has 0 N–H and O–H groups in total. The first-order valence-corrected chi connectivity index (χ1v) is 14.0. The quantitative estimate of drug-likeness (QED) is 0.691. The SMILES string of the molecule is CC(C)C1(C)CS(=O)(=O)C2C(CC(C)C3(C)CSC4CSCC43)OCC21. The summed E-state index contributed by atoms with van der Waals surface area (Å²) in [5.74, 6) is 5.97. The van der Waals surface area contributed by atoms with Crippen LogP contribution in [0.15, 0.2) is 0 Å². The van der Waals surface area contributed by atoms with Crippen LogP contribution in [0, 0.1) is 34.5 Å². The molecule has 4 heterocycles. The molecule has 4 aliphatic heterocycles. The molecule has 26 heavy (non-hydrogen) atoms. The van der Waals surface area contributed by atoms with E-state index in [9.17, 15) is 8.42 Å². The van der Waals surface area contributed by atoms with Crippen LogP contribution in [0.3, 0.4) is 0 Å². The van der Waals surface area contributed by atoms with Crippen LogP contribution in [0.1, 0.15) is 41.0 Å². The molecule has 0 aromatic carbocycles. The van der Waals surface area contributed by atoms with Gasteiger partial charge in [0.05, 0.1) is 23.7 Å². The van der Waals surface area contributed by atoms with Gasteiger partial charge in [-0.1, -0.05) is 34.6 Å². The molecule has 150 valence electrons. The Morgan fingerprint density at radius 3 is 2.54 bits per heavy atom. The van der Waals surface area contributed by atoms with Gasteiger partial charge in [0.15, 0.2) is 9.84 Å². The molecule has 6 heteroatoms. The van der Waals surface area contributed by atoms with Gasteiger partial charge in [0, 0.05) is 16.9 Å². The van der Waals surface area contributed by atoms with Gasteiger partial charge >= 0.3 is 0 Å². The Hall–Kier alpha value is 0.610. The third-order valence-corrected chi connectivity index (χ3v) is 14.1. The fraction of sp³-hybridized carbons (Fsp3) is 1.00. The standard InChI is InChI=1S/C20H34O3S3/c1-12(2)20(5)11-26(21,22)18-14(20)7-23-16(18)6-13(3)19(4)10-25-17-9-24-8-15(17)19/h12-18H,6-11H2,1-5H3. The lowest BCUT2D eigenvalue weighted by Crippen LogP contribution is -2.40. The number of ether oxygens (including phenoxy) is 1. The highest BCUT2D eigenvalue weighted by atomic mass is 32.2. The van der Waals surface area contributed by atoms with Gasteiger partial charge < -0.3 is 4.74 Å². The van der Waals surface area contributed by atoms with E-state index in [1.165, 1.54) is 17.3 Å². The number of rotatable bonds is 4. The van der Waals surface area contributed by atoms with E-state index in [0.717, 1.165) is 17.6 Å². The molecule has 0 bridgehead atoms. The van der Waals surface area contributed by atoms with Gasteiger partial charge in [0.25, 0.3) is 0 Å². The van der Waals surface area contributed by atoms with Crippen LogP contribution in [0.5, 0.6) is 0 Å². The average Bonchev–Trinajstić information content (AvgIpc) is 3.26. The van der Waals surface area contributed by atoms with Crippen molar-refractivity contribution in [3.8, 4) is 0 Å². The largest absolute Gasteiger partial charge is 0.376 e. The van der Waals surface area contributed by atoms with Crippen LogP contribution < -0.4 is 0 Å². The molecule has 0 amide bonds. The second kappa shape index (κ2) is 6.56. The van der Waals surface area contributed by atoms with E-state index < -0.39 is 9.84 Å². The van der Waals surface area contributed by atoms with Gasteiger partial charge in [-0.3, -0.25) is 0 Å². The summed E-state index contributed by atoms with van der Waals surface area (Å²) in [4.78, 5) is 0. The summed E-state index contributed by atoms with van der Waals surface area (Å²) in [6, 6.07) is 0. The van der Waals surface area contributed by atoms with Crippen LogP contribution in [-0.2, 0) is 14.6 Å². The molecule has 4 aliphatic rings. The molecule has 8 unspecified atom stereocenters. The van der Waals surface area contributed by atoms with E-state index in [1.54, 1.807) is 0 Å². The molecule has 3 nitrogen and oxygen atoms in total. The summed E-state index contributed by atoms with van der Waals surface area (Å²) in [6.45, 7) is 11.9. The number of hydrogen-bond donors (Lipinski definition) is 0. The molecule has 0 spiro atoms. The minimum absolute atomic E-state index is 0.101. The number of fused-ring (bicyclic) bond motifs is 2. The first-order chi connectivity index (χ1) is 12.1. The molecule has 0 radical (unpaired) electrons. The summed E-state index contributed by atoms with van der Waals surface area (Å²) < 4.78 is 32.3. The van der Waals surface area contributed by atoms with Crippen LogP contribution in [-0.4, -0.2) is 54.6 Å². The first kappa shape index (κ1) is 19.9. The lowest BCUT2D eigenvalue weighted by molar-refractivity contribution is 0.0477. The molecular weight excluding hydrogens is 384 g/mol. The van der Waals surface area contributed by atoms with Gasteiger partial charge in [-0.05, 0) is 46.5 Å². The molecular formula is C20H34O3S3. The Kier molecular flexibility index (Phi) is 5.03. The maximum absolute atomic E-state index is 13.1. The molecule has 4 saturated heterocycles. The van der Waals surface area contributed by atoms with Gasteiger partial charge in [-0.25, -0.2) is 8.42 Å². The van der Waals surface area contributed by atoms with Crippen molar-refractivity contribution in [2.45, 2.75) is 57.6 Å². The maximum atomic E-state index is 13.1. The second-order valence-electron chi connectivity index (χ2n) is 10.0. The second-order valence-corrected chi connectivity index (χ2v) is 14.5. The van der Waals surface area contributed by atoms with Crippen molar-refractivity contribution in [1.29, 1.82) is 0 Å². The van der Waals surface area contributed by atoms with Gasteiger partial charge in [0.1, 0.15) is 0 Å². The Balaban J connectivity index is 1.53. The highest BCUT2D eigenvalue weighted by molar-refractivity contribution is 8.04. The zero-order valence-electron chi connectivity index (χ0n) is 16.7. The van der Waals surface area contributed by atoms with E-state index in [2.05, 4.69) is 58.1 Å². The average molecular weight is 419 g/mol. The smallest absolute Gasteiger partial charge is 0.156 e. The Labute approximate surface area is 168 Å². The zero-order valence-corrected chi connectivity index (χ0v) is 19.2. The molecule has 0 aromatic rings. The van der Waals surface area contributed by atoms with Crippen molar-refractivity contribution >= 4 is 33.4 Å². The minimum Gasteiger partial charge on any atom is -0.376 e. The number of hydrogen-bond acceptors (Lipinski definition) is 5. The number of thioether (sulfide) groups is 2. The van der Waals surface area contributed by atoms with Crippen LogP contribution in [0.2, 0.25) is 0 Å². The molecule has 0 saturated carbocycles. The summed E-state index contributed by atoms with van der Waals surface area (Å²) in [5, 5.41) is 0.535. The predicted molar refractivity (Wildman–Crippen MR) is 113 cm³/mol. The minimum atomic E-state index is -3.07. The zero-order chi connectivity index (χ0) is 18.9. The van der Waals surface area contributed by atoms with Gasteiger partial charge in [0.2, 0.25) is 0 Å². The highest BCUT2D eigenvalue weighted by Gasteiger charge is 2.62. The topological polar surface area (TPSA) is 43.4 Å². The normalized spacial score (nSPS) is 50.9. The van der Waals surface area contributed by atoms with Crippen molar-refractivity contribution in [2.24, 2.45) is 34.5 Å². The maximum Gasteiger partial charge on any atom is 0.156 e. The fourth-order valence-corrected chi connectivity index (χ4v) is 13.1. The monoisotopic (exact) mass is 418 g/mol. The van der Waals surface area contributed by atoms with Crippen molar-refractivity contribution in [1.82, 2.24) is 0 Å². The van der Waals surface area contributed by atoms with Gasteiger partial charge in [-0.2, -0.15) is 23.5 Å². The van der Waals surface area contributed by atoms with Crippen LogP contribution >= 0.6 is 23.5 Å². The first-order valence-electron chi connectivity index (χ1n) is 10.1.